The van der Waals surface area contributed by atoms with E-state index in [1.54, 1.807) is 12.1 Å². The predicted octanol–water partition coefficient (Wildman–Crippen LogP) is 5.67. The first-order chi connectivity index (χ1) is 24.7. The second-order valence-electron chi connectivity index (χ2n) is 15.1. The molecule has 4 aromatic rings. The molecule has 4 heterocycles. The number of aromatic amines is 1. The number of aromatic nitrogens is 1. The van der Waals surface area contributed by atoms with Gasteiger partial charge in [0, 0.05) is 49.0 Å². The van der Waals surface area contributed by atoms with Gasteiger partial charge in [-0.2, -0.15) is 0 Å². The second kappa shape index (κ2) is 16.6. The molecular weight excluding hydrogens is 724 g/mol. The number of fused-ring (bicyclic) bond motifs is 4. The third-order valence-electron chi connectivity index (χ3n) is 11.8. The van der Waals surface area contributed by atoms with E-state index in [-0.39, 0.29) is 52.8 Å². The van der Waals surface area contributed by atoms with Crippen LogP contribution in [0.5, 0.6) is 5.75 Å². The number of aliphatic hydroxyl groups excluding tert-OH is 1. The van der Waals surface area contributed by atoms with E-state index in [1.807, 2.05) is 54.6 Å². The Kier molecular flexibility index (Phi) is 12.2. The number of H-pyrrole nitrogens is 1. The Morgan fingerprint density at radius 2 is 1.69 bits per heavy atom. The summed E-state index contributed by atoms with van der Waals surface area (Å²) in [5.41, 5.74) is 2.35. The number of hydrogen-bond donors (Lipinski definition) is 6. The highest BCUT2D eigenvalue weighted by Crippen LogP contribution is 2.43. The highest BCUT2D eigenvalue weighted by molar-refractivity contribution is 8.93. The zero-order valence-corrected chi connectivity index (χ0v) is 31.3. The number of hydrogen-bond acceptors (Lipinski definition) is 7. The van der Waals surface area contributed by atoms with Gasteiger partial charge in [0.25, 0.3) is 0 Å². The van der Waals surface area contributed by atoms with Gasteiger partial charge in [-0.1, -0.05) is 61.4 Å². The number of rotatable bonds is 14. The van der Waals surface area contributed by atoms with Crippen LogP contribution in [-0.2, 0) is 21.7 Å². The van der Waals surface area contributed by atoms with Crippen molar-refractivity contribution in [3.05, 3.63) is 106 Å². The van der Waals surface area contributed by atoms with Crippen molar-refractivity contribution >= 4 is 39.5 Å². The molecule has 1 aliphatic carbocycles. The fraction of sp³-hybridized carbons (Fsp3) is 0.463. The van der Waals surface area contributed by atoms with Crippen molar-refractivity contribution in [3.8, 4) is 5.75 Å². The molecule has 1 saturated carbocycles. The van der Waals surface area contributed by atoms with Crippen LogP contribution in [0.2, 0.25) is 0 Å². The van der Waals surface area contributed by atoms with Crippen LogP contribution >= 0.6 is 17.0 Å². The lowest BCUT2D eigenvalue weighted by molar-refractivity contribution is -0.946. The number of halogens is 1. The molecule has 3 saturated heterocycles. The van der Waals surface area contributed by atoms with Gasteiger partial charge in [-0.05, 0) is 59.7 Å². The Balaban J connectivity index is 0.00000464. The van der Waals surface area contributed by atoms with E-state index in [9.17, 15) is 24.9 Å². The van der Waals surface area contributed by atoms with Crippen molar-refractivity contribution in [1.29, 1.82) is 0 Å². The van der Waals surface area contributed by atoms with Gasteiger partial charge in [0.15, 0.2) is 0 Å². The van der Waals surface area contributed by atoms with Crippen LogP contribution in [0.15, 0.2) is 83.7 Å². The maximum absolute atomic E-state index is 13.1. The van der Waals surface area contributed by atoms with Crippen molar-refractivity contribution in [2.75, 3.05) is 44.6 Å². The molecular formula is C41H52BrN4O6+. The molecule has 3 aromatic carbocycles. The second-order valence-corrected chi connectivity index (χ2v) is 15.1. The van der Waals surface area contributed by atoms with Crippen LogP contribution in [0.25, 0.3) is 10.9 Å². The summed E-state index contributed by atoms with van der Waals surface area (Å²) in [6, 6.07) is 23.9. The lowest BCUT2D eigenvalue weighted by Gasteiger charge is -2.52. The molecule has 1 aromatic heterocycles. The normalized spacial score (nSPS) is 23.2. The molecule has 0 radical (unpaired) electrons. The smallest absolute Gasteiger partial charge is 0.248 e. The monoisotopic (exact) mass is 775 g/mol. The Morgan fingerprint density at radius 1 is 0.962 bits per heavy atom. The van der Waals surface area contributed by atoms with Crippen molar-refractivity contribution in [1.82, 2.24) is 10.3 Å². The SMILES string of the molecule is Br.O=C(CC[N+]12CCC(CC1)[C@@H](OC[C@@](O)(c1ccccc1)C1CCCC1)C2)Nc1ccc(CNC[C@H](O)c2ccc(O)c3[nH]c(=O)ccc23)cc1. The van der Waals surface area contributed by atoms with E-state index in [0.717, 1.165) is 86.0 Å². The number of carbonyl (C=O) groups is 1. The third kappa shape index (κ3) is 8.46. The molecule has 2 bridgehead atoms. The number of benzene rings is 3. The summed E-state index contributed by atoms with van der Waals surface area (Å²) in [4.78, 5) is 27.4. The summed E-state index contributed by atoms with van der Waals surface area (Å²) in [6.45, 7) is 4.94. The number of amides is 1. The molecule has 11 heteroatoms. The summed E-state index contributed by atoms with van der Waals surface area (Å²) in [5.74, 6) is 0.696. The number of phenolic OH excluding ortho intramolecular Hbond substituents is 1. The van der Waals surface area contributed by atoms with Crippen molar-refractivity contribution in [3.63, 3.8) is 0 Å². The van der Waals surface area contributed by atoms with Gasteiger partial charge in [-0.3, -0.25) is 9.59 Å². The zero-order chi connectivity index (χ0) is 35.4. The Labute approximate surface area is 315 Å². The van der Waals surface area contributed by atoms with E-state index in [2.05, 4.69) is 15.6 Å². The number of phenols is 1. The quantitative estimate of drug-likeness (QED) is 0.0907. The zero-order valence-electron chi connectivity index (χ0n) is 29.6. The lowest BCUT2D eigenvalue weighted by atomic mass is 9.80. The number of quaternary nitrogens is 1. The number of ether oxygens (including phenoxy) is 1. The van der Waals surface area contributed by atoms with Crippen LogP contribution in [0.3, 0.4) is 0 Å². The minimum absolute atomic E-state index is 0. The largest absolute Gasteiger partial charge is 0.506 e. The maximum Gasteiger partial charge on any atom is 0.248 e. The molecule has 3 aliphatic heterocycles. The first kappa shape index (κ1) is 38.2. The average molecular weight is 777 g/mol. The number of aromatic hydroxyl groups is 1. The highest BCUT2D eigenvalue weighted by atomic mass is 79.9. The summed E-state index contributed by atoms with van der Waals surface area (Å²) >= 11 is 0. The van der Waals surface area contributed by atoms with Gasteiger partial charge in [0.1, 0.15) is 24.0 Å². The van der Waals surface area contributed by atoms with Gasteiger partial charge in [0.05, 0.1) is 44.3 Å². The maximum atomic E-state index is 13.1. The topological polar surface area (TPSA) is 144 Å². The number of carbonyl (C=O) groups excluding carboxylic acids is 1. The number of aliphatic hydroxyl groups is 2. The minimum atomic E-state index is -0.964. The Morgan fingerprint density at radius 3 is 2.42 bits per heavy atom. The molecule has 6 N–H and O–H groups in total. The first-order valence-electron chi connectivity index (χ1n) is 18.6. The van der Waals surface area contributed by atoms with Gasteiger partial charge in [-0.25, -0.2) is 0 Å². The van der Waals surface area contributed by atoms with Gasteiger partial charge in [0.2, 0.25) is 11.5 Å². The molecule has 278 valence electrons. The van der Waals surface area contributed by atoms with Crippen LogP contribution in [0, 0.1) is 11.8 Å². The van der Waals surface area contributed by atoms with Crippen LogP contribution in [0.1, 0.15) is 67.7 Å². The van der Waals surface area contributed by atoms with Gasteiger partial charge >= 0.3 is 0 Å². The minimum Gasteiger partial charge on any atom is -0.506 e. The third-order valence-corrected chi connectivity index (χ3v) is 11.8. The van der Waals surface area contributed by atoms with Crippen LogP contribution in [0.4, 0.5) is 5.69 Å². The number of piperidine rings is 3. The van der Waals surface area contributed by atoms with Crippen molar-refractivity contribution in [2.45, 2.75) is 69.3 Å². The summed E-state index contributed by atoms with van der Waals surface area (Å²) in [6.07, 6.45) is 6.28. The van der Waals surface area contributed by atoms with E-state index >= 15 is 0 Å². The van der Waals surface area contributed by atoms with Gasteiger partial charge in [-0.15, -0.1) is 17.0 Å². The molecule has 0 unspecified atom stereocenters. The van der Waals surface area contributed by atoms with Gasteiger partial charge < -0.3 is 40.2 Å². The Hall–Kier alpha value is -3.58. The van der Waals surface area contributed by atoms with E-state index < -0.39 is 11.7 Å². The molecule has 4 aliphatic rings. The fourth-order valence-electron chi connectivity index (χ4n) is 8.81. The molecule has 10 nitrogen and oxygen atoms in total. The van der Waals surface area contributed by atoms with Crippen LogP contribution in [-0.4, -0.2) is 76.1 Å². The highest BCUT2D eigenvalue weighted by Gasteiger charge is 2.48. The van der Waals surface area contributed by atoms with E-state index in [1.165, 1.54) is 12.1 Å². The molecule has 8 rings (SSSR count). The average Bonchev–Trinajstić information content (AvgIpc) is 3.71. The molecule has 4 fully saturated rings. The molecule has 3 atom stereocenters. The summed E-state index contributed by atoms with van der Waals surface area (Å²) < 4.78 is 7.57. The van der Waals surface area contributed by atoms with Crippen molar-refractivity contribution in [2.24, 2.45) is 11.8 Å². The standard InChI is InChI=1S/C41H50N4O6.BrH/c46-35-16-14-33(34-15-17-38(48)44-40(34)35)36(47)25-42-24-28-10-12-32(13-11-28)43-39(49)20-23-45-21-18-29(19-22-45)37(26-45)51-27-41(50,31-8-4-5-9-31)30-6-2-1-3-7-30;/h1-3,6-7,10-17,29,31,36-37,42,47,50H,4-5,8-9,18-27H2,(H2-,43,44,46,48,49);1H/p+1/t29?,36-,37-,41+,45?;/m0./s1. The molecule has 1 amide bonds. The first-order valence-corrected chi connectivity index (χ1v) is 18.6. The predicted molar refractivity (Wildman–Crippen MR) is 207 cm³/mol. The Bertz CT molecular complexity index is 1860. The van der Waals surface area contributed by atoms with Crippen LogP contribution < -0.4 is 16.2 Å². The lowest BCUT2D eigenvalue weighted by Crippen LogP contribution is -2.65. The molecule has 52 heavy (non-hydrogen) atoms. The number of nitrogens with zero attached hydrogens (tertiary/aromatic N) is 1. The number of anilines is 1. The number of pyridine rings is 1. The molecule has 0 spiro atoms. The fourth-order valence-corrected chi connectivity index (χ4v) is 8.81. The summed E-state index contributed by atoms with van der Waals surface area (Å²) in [5, 5.41) is 39.9. The van der Waals surface area contributed by atoms with Crippen molar-refractivity contribution < 1.29 is 29.3 Å². The number of nitrogens with one attached hydrogen (secondary N) is 3. The van der Waals surface area contributed by atoms with E-state index in [0.29, 0.717) is 42.0 Å². The summed E-state index contributed by atoms with van der Waals surface area (Å²) in [7, 11) is 0. The van der Waals surface area contributed by atoms with E-state index in [4.69, 9.17) is 4.74 Å².